The van der Waals surface area contributed by atoms with Gasteiger partial charge in [0.05, 0.1) is 12.7 Å². The highest BCUT2D eigenvalue weighted by Gasteiger charge is 2.01. The molecule has 2 aromatic heterocycles. The summed E-state index contributed by atoms with van der Waals surface area (Å²) in [6.07, 6.45) is 3.12. The number of nitrogens with zero attached hydrogens (tertiary/aromatic N) is 2. The zero-order valence-electron chi connectivity index (χ0n) is 10.5. The number of nitrogens with one attached hydrogen (secondary N) is 1. The lowest BCUT2D eigenvalue weighted by atomic mass is 10.2. The van der Waals surface area contributed by atoms with Crippen molar-refractivity contribution in [2.75, 3.05) is 12.4 Å². The third-order valence-corrected chi connectivity index (χ3v) is 2.53. The lowest BCUT2D eigenvalue weighted by molar-refractivity contribution is 0.1000. The number of ether oxygens (including phenoxy) is 1. The number of carbonyl (C=O) groups is 1. The molecule has 3 N–H and O–H groups in total. The van der Waals surface area contributed by atoms with Gasteiger partial charge in [0.15, 0.2) is 0 Å². The summed E-state index contributed by atoms with van der Waals surface area (Å²) in [4.78, 5) is 19.0. The molecule has 0 aliphatic rings. The third kappa shape index (κ3) is 3.41. The Bertz CT molecular complexity index is 569. The highest BCUT2D eigenvalue weighted by molar-refractivity contribution is 5.92. The number of amides is 1. The van der Waals surface area contributed by atoms with Gasteiger partial charge in [-0.3, -0.25) is 4.79 Å². The number of hydrogen-bond donors (Lipinski definition) is 2. The van der Waals surface area contributed by atoms with Gasteiger partial charge in [0, 0.05) is 25.0 Å². The van der Waals surface area contributed by atoms with Crippen molar-refractivity contribution in [3.8, 4) is 5.88 Å². The number of primary amides is 1. The van der Waals surface area contributed by atoms with Crippen LogP contribution in [0.3, 0.4) is 0 Å². The molecule has 6 nitrogen and oxygen atoms in total. The molecule has 98 valence electrons. The van der Waals surface area contributed by atoms with Crippen molar-refractivity contribution in [3.63, 3.8) is 0 Å². The first kappa shape index (κ1) is 12.8. The van der Waals surface area contributed by atoms with Crippen molar-refractivity contribution in [2.24, 2.45) is 5.73 Å². The van der Waals surface area contributed by atoms with Gasteiger partial charge >= 0.3 is 0 Å². The van der Waals surface area contributed by atoms with Crippen LogP contribution in [0.4, 0.5) is 5.82 Å². The Morgan fingerprint density at radius 1 is 1.37 bits per heavy atom. The van der Waals surface area contributed by atoms with E-state index >= 15 is 0 Å². The standard InChI is InChI=1S/C13H14N4O2/c1-19-12-6-9(4-5-15-12)7-16-11-3-2-10(8-17-11)13(14)18/h2-6,8H,7H2,1H3,(H2,14,18)(H,16,17). The van der Waals surface area contributed by atoms with Crippen LogP contribution in [-0.2, 0) is 6.54 Å². The van der Waals surface area contributed by atoms with Crippen molar-refractivity contribution < 1.29 is 9.53 Å². The second kappa shape index (κ2) is 5.81. The molecule has 0 saturated carbocycles. The summed E-state index contributed by atoms with van der Waals surface area (Å²) in [5.41, 5.74) is 6.55. The van der Waals surface area contributed by atoms with E-state index in [1.54, 1.807) is 25.4 Å². The second-order valence-electron chi connectivity index (χ2n) is 3.86. The fourth-order valence-corrected chi connectivity index (χ4v) is 1.51. The maximum atomic E-state index is 10.9. The van der Waals surface area contributed by atoms with Crippen LogP contribution in [0.5, 0.6) is 5.88 Å². The van der Waals surface area contributed by atoms with Gasteiger partial charge < -0.3 is 15.8 Å². The van der Waals surface area contributed by atoms with Crippen molar-refractivity contribution in [2.45, 2.75) is 6.54 Å². The van der Waals surface area contributed by atoms with Gasteiger partial charge in [-0.05, 0) is 23.8 Å². The normalized spacial score (nSPS) is 9.95. The lowest BCUT2D eigenvalue weighted by Crippen LogP contribution is -2.11. The molecule has 0 spiro atoms. The van der Waals surface area contributed by atoms with E-state index in [4.69, 9.17) is 10.5 Å². The van der Waals surface area contributed by atoms with Crippen LogP contribution in [0.1, 0.15) is 15.9 Å². The number of pyridine rings is 2. The molecule has 0 bridgehead atoms. The van der Waals surface area contributed by atoms with E-state index in [0.717, 1.165) is 5.56 Å². The minimum absolute atomic E-state index is 0.385. The summed E-state index contributed by atoms with van der Waals surface area (Å²) >= 11 is 0. The van der Waals surface area contributed by atoms with E-state index < -0.39 is 5.91 Å². The molecule has 6 heteroatoms. The summed E-state index contributed by atoms with van der Waals surface area (Å²) in [5.74, 6) is 0.745. The zero-order valence-corrected chi connectivity index (χ0v) is 10.5. The highest BCUT2D eigenvalue weighted by Crippen LogP contribution is 2.11. The van der Waals surface area contributed by atoms with E-state index in [9.17, 15) is 4.79 Å². The van der Waals surface area contributed by atoms with Gasteiger partial charge in [-0.2, -0.15) is 0 Å². The first-order valence-corrected chi connectivity index (χ1v) is 5.67. The molecule has 1 amide bonds. The molecule has 0 atom stereocenters. The topological polar surface area (TPSA) is 90.1 Å². The molecule has 0 aliphatic carbocycles. The van der Waals surface area contributed by atoms with Gasteiger partial charge in [-0.15, -0.1) is 0 Å². The molecule has 19 heavy (non-hydrogen) atoms. The summed E-state index contributed by atoms with van der Waals surface area (Å²) < 4.78 is 5.04. The molecular weight excluding hydrogens is 244 g/mol. The quantitative estimate of drug-likeness (QED) is 0.840. The minimum atomic E-state index is -0.488. The van der Waals surface area contributed by atoms with Crippen LogP contribution in [0.2, 0.25) is 0 Å². The number of anilines is 1. The molecule has 0 aliphatic heterocycles. The SMILES string of the molecule is COc1cc(CNc2ccc(C(N)=O)cn2)ccn1. The minimum Gasteiger partial charge on any atom is -0.481 e. The van der Waals surface area contributed by atoms with E-state index in [1.807, 2.05) is 12.1 Å². The van der Waals surface area contributed by atoms with Crippen LogP contribution in [0, 0.1) is 0 Å². The third-order valence-electron chi connectivity index (χ3n) is 2.53. The van der Waals surface area contributed by atoms with Crippen LogP contribution in [-0.4, -0.2) is 23.0 Å². The fraction of sp³-hybridized carbons (Fsp3) is 0.154. The Balaban J connectivity index is 1.99. The summed E-state index contributed by atoms with van der Waals surface area (Å²) in [7, 11) is 1.57. The average Bonchev–Trinajstić information content (AvgIpc) is 2.46. The molecule has 0 aromatic carbocycles. The molecule has 0 saturated heterocycles. The predicted molar refractivity (Wildman–Crippen MR) is 70.9 cm³/mol. The van der Waals surface area contributed by atoms with Gasteiger partial charge in [0.1, 0.15) is 5.82 Å². The first-order chi connectivity index (χ1) is 9.19. The molecule has 2 heterocycles. The van der Waals surface area contributed by atoms with Crippen LogP contribution >= 0.6 is 0 Å². The number of methoxy groups -OCH3 is 1. The van der Waals surface area contributed by atoms with Gasteiger partial charge in [-0.1, -0.05) is 0 Å². The number of nitrogens with two attached hydrogens (primary N) is 1. The second-order valence-corrected chi connectivity index (χ2v) is 3.86. The highest BCUT2D eigenvalue weighted by atomic mass is 16.5. The zero-order chi connectivity index (χ0) is 13.7. The maximum absolute atomic E-state index is 10.9. The Morgan fingerprint density at radius 2 is 2.21 bits per heavy atom. The number of hydrogen-bond acceptors (Lipinski definition) is 5. The summed E-state index contributed by atoms with van der Waals surface area (Å²) in [6.45, 7) is 0.585. The van der Waals surface area contributed by atoms with E-state index in [2.05, 4.69) is 15.3 Å². The number of rotatable bonds is 5. The first-order valence-electron chi connectivity index (χ1n) is 5.67. The smallest absolute Gasteiger partial charge is 0.250 e. The number of aromatic nitrogens is 2. The number of carbonyl (C=O) groups excluding carboxylic acids is 1. The van der Waals surface area contributed by atoms with Crippen molar-refractivity contribution >= 4 is 11.7 Å². The van der Waals surface area contributed by atoms with Crippen LogP contribution < -0.4 is 15.8 Å². The Labute approximate surface area is 110 Å². The summed E-state index contributed by atoms with van der Waals surface area (Å²) in [6, 6.07) is 7.06. The van der Waals surface area contributed by atoms with Crippen molar-refractivity contribution in [1.29, 1.82) is 0 Å². The Morgan fingerprint density at radius 3 is 2.84 bits per heavy atom. The van der Waals surface area contributed by atoms with E-state index in [1.165, 1.54) is 6.20 Å². The van der Waals surface area contributed by atoms with Gasteiger partial charge in [0.2, 0.25) is 11.8 Å². The van der Waals surface area contributed by atoms with Gasteiger partial charge in [-0.25, -0.2) is 9.97 Å². The molecule has 2 aromatic rings. The molecule has 0 radical (unpaired) electrons. The maximum Gasteiger partial charge on any atom is 0.250 e. The predicted octanol–water partition coefficient (Wildman–Crippen LogP) is 1.20. The Kier molecular flexibility index (Phi) is 3.92. The monoisotopic (exact) mass is 258 g/mol. The molecule has 2 rings (SSSR count). The van der Waals surface area contributed by atoms with Crippen LogP contribution in [0.15, 0.2) is 36.7 Å². The lowest BCUT2D eigenvalue weighted by Gasteiger charge is -2.07. The summed E-state index contributed by atoms with van der Waals surface area (Å²) in [5, 5.41) is 3.13. The Hall–Kier alpha value is -2.63. The molecular formula is C13H14N4O2. The van der Waals surface area contributed by atoms with Crippen molar-refractivity contribution in [3.05, 3.63) is 47.8 Å². The molecule has 0 fully saturated rings. The van der Waals surface area contributed by atoms with Gasteiger partial charge in [0.25, 0.3) is 0 Å². The average molecular weight is 258 g/mol. The van der Waals surface area contributed by atoms with Crippen LogP contribution in [0.25, 0.3) is 0 Å². The fourth-order valence-electron chi connectivity index (χ4n) is 1.51. The largest absolute Gasteiger partial charge is 0.481 e. The molecule has 0 unspecified atom stereocenters. The van der Waals surface area contributed by atoms with E-state index in [-0.39, 0.29) is 0 Å². The van der Waals surface area contributed by atoms with E-state index in [0.29, 0.717) is 23.8 Å². The van der Waals surface area contributed by atoms with Crippen molar-refractivity contribution in [1.82, 2.24) is 9.97 Å².